The molecule has 1 heterocycles. The number of nitrogens with zero attached hydrogens (tertiary/aromatic N) is 1. The highest BCUT2D eigenvalue weighted by atomic mass is 16.2. The summed E-state index contributed by atoms with van der Waals surface area (Å²) < 4.78 is 0. The lowest BCUT2D eigenvalue weighted by Crippen LogP contribution is -2.63. The normalized spacial score (nSPS) is 21.7. The van der Waals surface area contributed by atoms with Crippen LogP contribution in [0.3, 0.4) is 0 Å². The molecule has 1 fully saturated rings. The third-order valence-electron chi connectivity index (χ3n) is 2.71. The molecule has 0 spiro atoms. The first-order chi connectivity index (χ1) is 7.32. The van der Waals surface area contributed by atoms with Crippen LogP contribution in [0, 0.1) is 5.41 Å². The summed E-state index contributed by atoms with van der Waals surface area (Å²) in [6.07, 6.45) is 2.14. The molecule has 0 aromatic rings. The molecular weight excluding hydrogens is 208 g/mol. The molecule has 0 saturated carbocycles. The van der Waals surface area contributed by atoms with Crippen molar-refractivity contribution in [2.75, 3.05) is 0 Å². The monoisotopic (exact) mass is 224 g/mol. The number of amides is 4. The molecule has 0 aromatic carbocycles. The topological polar surface area (TPSA) is 66.5 Å². The van der Waals surface area contributed by atoms with Crippen molar-refractivity contribution in [3.05, 3.63) is 12.7 Å². The fourth-order valence-electron chi connectivity index (χ4n) is 1.55. The molecule has 1 aliphatic heterocycles. The molecule has 1 N–H and O–H groups in total. The Bertz CT molecular complexity index is 360. The van der Waals surface area contributed by atoms with E-state index in [1.54, 1.807) is 13.0 Å². The zero-order valence-corrected chi connectivity index (χ0v) is 9.74. The van der Waals surface area contributed by atoms with Crippen LogP contribution in [0.25, 0.3) is 0 Å². The lowest BCUT2D eigenvalue weighted by Gasteiger charge is -2.37. The Kier molecular flexibility index (Phi) is 3.16. The average molecular weight is 224 g/mol. The van der Waals surface area contributed by atoms with Gasteiger partial charge >= 0.3 is 6.03 Å². The smallest absolute Gasteiger partial charge is 0.277 e. The van der Waals surface area contributed by atoms with E-state index in [0.29, 0.717) is 6.42 Å². The number of rotatable bonds is 3. The molecule has 1 saturated heterocycles. The molecule has 4 amide bonds. The van der Waals surface area contributed by atoms with Crippen molar-refractivity contribution in [1.82, 2.24) is 10.2 Å². The first-order valence-corrected chi connectivity index (χ1v) is 5.12. The van der Waals surface area contributed by atoms with Crippen molar-refractivity contribution in [2.45, 2.75) is 33.2 Å². The highest BCUT2D eigenvalue weighted by molar-refractivity contribution is 6.18. The average Bonchev–Trinajstić information content (AvgIpc) is 2.16. The lowest BCUT2D eigenvalue weighted by molar-refractivity contribution is -0.150. The van der Waals surface area contributed by atoms with Gasteiger partial charge in [-0.1, -0.05) is 6.08 Å². The Labute approximate surface area is 94.5 Å². The van der Waals surface area contributed by atoms with Crippen molar-refractivity contribution < 1.29 is 14.4 Å². The van der Waals surface area contributed by atoms with Gasteiger partial charge in [-0.25, -0.2) is 4.79 Å². The van der Waals surface area contributed by atoms with Crippen molar-refractivity contribution in [3.63, 3.8) is 0 Å². The predicted molar refractivity (Wildman–Crippen MR) is 58.4 cm³/mol. The molecule has 5 nitrogen and oxygen atoms in total. The van der Waals surface area contributed by atoms with E-state index >= 15 is 0 Å². The third kappa shape index (κ3) is 1.85. The summed E-state index contributed by atoms with van der Waals surface area (Å²) in [5, 5.41) is 2.18. The SMILES string of the molecule is C=CCC(C)N1C(=O)NC(=O)C(C)(C)C1=O. The van der Waals surface area contributed by atoms with Gasteiger partial charge in [0, 0.05) is 6.04 Å². The molecule has 1 atom stereocenters. The van der Waals surface area contributed by atoms with Crippen LogP contribution >= 0.6 is 0 Å². The molecule has 1 rings (SSSR count). The number of barbiturate groups is 1. The number of hydrogen-bond donors (Lipinski definition) is 1. The first kappa shape index (κ1) is 12.4. The van der Waals surface area contributed by atoms with Gasteiger partial charge in [-0.2, -0.15) is 0 Å². The summed E-state index contributed by atoms with van der Waals surface area (Å²) in [6, 6.07) is -0.943. The lowest BCUT2D eigenvalue weighted by atomic mass is 9.88. The summed E-state index contributed by atoms with van der Waals surface area (Å²) in [7, 11) is 0. The minimum absolute atomic E-state index is 0.294. The van der Waals surface area contributed by atoms with Gasteiger partial charge < -0.3 is 0 Å². The minimum Gasteiger partial charge on any atom is -0.277 e. The van der Waals surface area contributed by atoms with Gasteiger partial charge in [0.25, 0.3) is 0 Å². The summed E-state index contributed by atoms with van der Waals surface area (Å²) >= 11 is 0. The first-order valence-electron chi connectivity index (χ1n) is 5.12. The summed E-state index contributed by atoms with van der Waals surface area (Å²) in [4.78, 5) is 36.1. The van der Waals surface area contributed by atoms with Crippen LogP contribution in [-0.2, 0) is 9.59 Å². The van der Waals surface area contributed by atoms with E-state index in [0.717, 1.165) is 4.90 Å². The zero-order chi connectivity index (χ0) is 12.5. The fourth-order valence-corrected chi connectivity index (χ4v) is 1.55. The predicted octanol–water partition coefficient (Wildman–Crippen LogP) is 1.06. The maximum absolute atomic E-state index is 12.0. The number of nitrogens with one attached hydrogen (secondary N) is 1. The Morgan fingerprint density at radius 2 is 2.00 bits per heavy atom. The standard InChI is InChI=1S/C11H16N2O3/c1-5-6-7(2)13-9(15)11(3,4)8(14)12-10(13)16/h5,7H,1,6H2,2-4H3,(H,12,14,16). The highest BCUT2D eigenvalue weighted by Crippen LogP contribution is 2.25. The molecule has 1 unspecified atom stereocenters. The minimum atomic E-state index is -1.19. The molecule has 0 aliphatic carbocycles. The van der Waals surface area contributed by atoms with E-state index in [4.69, 9.17) is 0 Å². The maximum Gasteiger partial charge on any atom is 0.331 e. The fraction of sp³-hybridized carbons (Fsp3) is 0.545. The van der Waals surface area contributed by atoms with Gasteiger partial charge in [-0.05, 0) is 27.2 Å². The van der Waals surface area contributed by atoms with Gasteiger partial charge in [0.05, 0.1) is 0 Å². The number of urea groups is 1. The Morgan fingerprint density at radius 3 is 2.50 bits per heavy atom. The van der Waals surface area contributed by atoms with E-state index in [2.05, 4.69) is 11.9 Å². The van der Waals surface area contributed by atoms with Gasteiger partial charge in [-0.15, -0.1) is 6.58 Å². The molecule has 0 bridgehead atoms. The molecular formula is C11H16N2O3. The maximum atomic E-state index is 12.0. The summed E-state index contributed by atoms with van der Waals surface area (Å²) in [6.45, 7) is 8.31. The van der Waals surface area contributed by atoms with Crippen LogP contribution in [-0.4, -0.2) is 28.8 Å². The molecule has 16 heavy (non-hydrogen) atoms. The largest absolute Gasteiger partial charge is 0.331 e. The zero-order valence-electron chi connectivity index (χ0n) is 9.74. The van der Waals surface area contributed by atoms with Crippen molar-refractivity contribution >= 4 is 17.8 Å². The van der Waals surface area contributed by atoms with E-state index in [1.807, 2.05) is 0 Å². The van der Waals surface area contributed by atoms with E-state index in [9.17, 15) is 14.4 Å². The number of carbonyl (C=O) groups is 3. The van der Waals surface area contributed by atoms with Crippen molar-refractivity contribution in [3.8, 4) is 0 Å². The quantitative estimate of drug-likeness (QED) is 0.575. The van der Waals surface area contributed by atoms with E-state index in [-0.39, 0.29) is 6.04 Å². The van der Waals surface area contributed by atoms with Gasteiger partial charge in [0.15, 0.2) is 0 Å². The van der Waals surface area contributed by atoms with E-state index < -0.39 is 23.3 Å². The van der Waals surface area contributed by atoms with E-state index in [1.165, 1.54) is 13.8 Å². The number of carbonyl (C=O) groups excluding carboxylic acids is 3. The van der Waals surface area contributed by atoms with Crippen LogP contribution in [0.15, 0.2) is 12.7 Å². The van der Waals surface area contributed by atoms with Crippen LogP contribution in [0.2, 0.25) is 0 Å². The Balaban J connectivity index is 3.01. The van der Waals surface area contributed by atoms with Crippen molar-refractivity contribution in [1.29, 1.82) is 0 Å². The number of hydrogen-bond acceptors (Lipinski definition) is 3. The van der Waals surface area contributed by atoms with Crippen LogP contribution < -0.4 is 5.32 Å². The number of imide groups is 2. The van der Waals surface area contributed by atoms with Gasteiger partial charge in [0.2, 0.25) is 11.8 Å². The second-order valence-electron chi connectivity index (χ2n) is 4.43. The van der Waals surface area contributed by atoms with Gasteiger partial charge in [-0.3, -0.25) is 19.8 Å². The van der Waals surface area contributed by atoms with Crippen LogP contribution in [0.1, 0.15) is 27.2 Å². The second-order valence-corrected chi connectivity index (χ2v) is 4.43. The summed E-state index contributed by atoms with van der Waals surface area (Å²) in [5.41, 5.74) is -1.19. The molecule has 1 aliphatic rings. The second kappa shape index (κ2) is 4.08. The van der Waals surface area contributed by atoms with Crippen LogP contribution in [0.4, 0.5) is 4.79 Å². The molecule has 5 heteroatoms. The highest BCUT2D eigenvalue weighted by Gasteiger charge is 2.48. The van der Waals surface area contributed by atoms with Crippen molar-refractivity contribution in [2.24, 2.45) is 5.41 Å². The Morgan fingerprint density at radius 1 is 1.44 bits per heavy atom. The molecule has 0 radical (unpaired) electrons. The Hall–Kier alpha value is -1.65. The molecule has 88 valence electrons. The summed E-state index contributed by atoms with van der Waals surface area (Å²) in [5.74, 6) is -1.01. The van der Waals surface area contributed by atoms with Crippen LogP contribution in [0.5, 0.6) is 0 Å². The third-order valence-corrected chi connectivity index (χ3v) is 2.71. The molecule has 0 aromatic heterocycles. The van der Waals surface area contributed by atoms with Gasteiger partial charge in [0.1, 0.15) is 5.41 Å².